The molecule has 0 spiro atoms. The number of hydrazine groups is 1. The Morgan fingerprint density at radius 1 is 1.25 bits per heavy atom. The largest absolute Gasteiger partial charge is 0.286 e. The number of hydrazone groups is 1. The summed E-state index contributed by atoms with van der Waals surface area (Å²) in [5, 5.41) is 9.69. The maximum atomic E-state index is 4.51. The molecule has 0 unspecified atom stereocenters. The summed E-state index contributed by atoms with van der Waals surface area (Å²) in [4.78, 5) is 0. The molecule has 2 aliphatic rings. The number of benzene rings is 1. The van der Waals surface area contributed by atoms with Gasteiger partial charge in [-0.3, -0.25) is 5.43 Å². The molecule has 2 N–H and O–H groups in total. The summed E-state index contributed by atoms with van der Waals surface area (Å²) in [6.07, 6.45) is 1.93. The number of nitrogens with one attached hydrogen (secondary N) is 2. The third-order valence-electron chi connectivity index (χ3n) is 3.75. The summed E-state index contributed by atoms with van der Waals surface area (Å²) in [5.41, 5.74) is 9.01. The van der Waals surface area contributed by atoms with Crippen LogP contribution in [0.5, 0.6) is 0 Å². The monoisotopic (exact) mass is 352 g/mol. The first-order chi connectivity index (χ1) is 9.67. The fourth-order valence-electron chi connectivity index (χ4n) is 2.28. The molecule has 4 nitrogen and oxygen atoms in total. The molecule has 0 fully saturated rings. The van der Waals surface area contributed by atoms with E-state index in [1.807, 2.05) is 0 Å². The lowest BCUT2D eigenvalue weighted by atomic mass is 10.1. The van der Waals surface area contributed by atoms with Gasteiger partial charge in [0.1, 0.15) is 5.66 Å². The smallest absolute Gasteiger partial charge is 0.206 e. The number of nitrogens with zero attached hydrogens (tertiary/aromatic N) is 2. The van der Waals surface area contributed by atoms with Crippen molar-refractivity contribution in [2.24, 2.45) is 5.10 Å². The zero-order valence-corrected chi connectivity index (χ0v) is 13.9. The van der Waals surface area contributed by atoms with E-state index in [9.17, 15) is 0 Å². The Hall–Kier alpha value is -0.980. The Kier molecular flexibility index (Phi) is 3.79. The molecule has 0 aromatic heterocycles. The van der Waals surface area contributed by atoms with Crippen molar-refractivity contribution in [3.63, 3.8) is 0 Å². The van der Waals surface area contributed by atoms with Crippen LogP contribution >= 0.6 is 27.7 Å². The van der Waals surface area contributed by atoms with Crippen LogP contribution in [0.15, 0.2) is 39.2 Å². The fraction of sp³-hybridized carbons (Fsp3) is 0.357. The zero-order chi connectivity index (χ0) is 14.2. The average Bonchev–Trinajstić information content (AvgIpc) is 2.90. The van der Waals surface area contributed by atoms with Gasteiger partial charge in [-0.1, -0.05) is 53.7 Å². The van der Waals surface area contributed by atoms with E-state index in [2.05, 4.69) is 80.4 Å². The van der Waals surface area contributed by atoms with Crippen molar-refractivity contribution in [2.45, 2.75) is 32.4 Å². The number of fused-ring (bicyclic) bond motifs is 1. The molecule has 2 heterocycles. The normalized spacial score (nSPS) is 20.1. The van der Waals surface area contributed by atoms with Crippen LogP contribution in [0.25, 0.3) is 5.70 Å². The molecule has 0 aliphatic carbocycles. The van der Waals surface area contributed by atoms with E-state index in [0.29, 0.717) is 0 Å². The molecule has 2 aliphatic heterocycles. The molecule has 0 atom stereocenters. The first-order valence-electron chi connectivity index (χ1n) is 6.73. The predicted octanol–water partition coefficient (Wildman–Crippen LogP) is 3.69. The maximum Gasteiger partial charge on any atom is 0.206 e. The number of rotatable bonds is 3. The van der Waals surface area contributed by atoms with Gasteiger partial charge < -0.3 is 0 Å². The molecule has 1 aromatic rings. The zero-order valence-electron chi connectivity index (χ0n) is 11.5. The van der Waals surface area contributed by atoms with Gasteiger partial charge in [0.25, 0.3) is 0 Å². The van der Waals surface area contributed by atoms with Crippen LogP contribution < -0.4 is 10.9 Å². The Morgan fingerprint density at radius 3 is 2.60 bits per heavy atom. The minimum absolute atomic E-state index is 0.164. The van der Waals surface area contributed by atoms with Gasteiger partial charge in [-0.25, -0.2) is 10.4 Å². The van der Waals surface area contributed by atoms with E-state index in [0.717, 1.165) is 28.2 Å². The highest BCUT2D eigenvalue weighted by Crippen LogP contribution is 2.35. The quantitative estimate of drug-likeness (QED) is 0.870. The molecule has 0 radical (unpaired) electrons. The second-order valence-corrected chi connectivity index (χ2v) is 6.62. The van der Waals surface area contributed by atoms with Gasteiger partial charge in [-0.05, 0) is 25.0 Å². The van der Waals surface area contributed by atoms with Gasteiger partial charge in [0.15, 0.2) is 0 Å². The third kappa shape index (κ3) is 2.36. The van der Waals surface area contributed by atoms with Crippen molar-refractivity contribution in [1.82, 2.24) is 15.9 Å². The lowest BCUT2D eigenvalue weighted by Crippen LogP contribution is -2.63. The first-order valence-corrected chi connectivity index (χ1v) is 8.40. The number of amidine groups is 1. The molecule has 0 saturated heterocycles. The molecule has 1 aromatic carbocycles. The van der Waals surface area contributed by atoms with Crippen LogP contribution in [0.3, 0.4) is 0 Å². The van der Waals surface area contributed by atoms with E-state index in [4.69, 9.17) is 0 Å². The number of hydrogen-bond donors (Lipinski definition) is 2. The van der Waals surface area contributed by atoms with Gasteiger partial charge in [0.05, 0.1) is 5.70 Å². The van der Waals surface area contributed by atoms with Gasteiger partial charge >= 0.3 is 0 Å². The minimum atomic E-state index is -0.164. The first kappa shape index (κ1) is 14.0. The van der Waals surface area contributed by atoms with Crippen molar-refractivity contribution in [3.05, 3.63) is 39.7 Å². The molecule has 3 rings (SSSR count). The van der Waals surface area contributed by atoms with Crippen LogP contribution in [-0.4, -0.2) is 15.8 Å². The molecule has 6 heteroatoms. The van der Waals surface area contributed by atoms with E-state index < -0.39 is 0 Å². The van der Waals surface area contributed by atoms with Crippen LogP contribution in [0, 0.1) is 0 Å². The molecular weight excluding hydrogens is 336 g/mol. The summed E-state index contributed by atoms with van der Waals surface area (Å²) in [7, 11) is 0. The second-order valence-electron chi connectivity index (χ2n) is 4.87. The van der Waals surface area contributed by atoms with Gasteiger partial charge in [-0.2, -0.15) is 5.10 Å². The van der Waals surface area contributed by atoms with Crippen molar-refractivity contribution in [2.75, 3.05) is 0 Å². The average molecular weight is 353 g/mol. The molecule has 20 heavy (non-hydrogen) atoms. The minimum Gasteiger partial charge on any atom is -0.286 e. The van der Waals surface area contributed by atoms with Gasteiger partial charge in [0.2, 0.25) is 5.17 Å². The summed E-state index contributed by atoms with van der Waals surface area (Å²) < 4.78 is 1.09. The summed E-state index contributed by atoms with van der Waals surface area (Å²) in [6.45, 7) is 4.33. The molecule has 106 valence electrons. The lowest BCUT2D eigenvalue weighted by Gasteiger charge is -2.41. The highest BCUT2D eigenvalue weighted by Gasteiger charge is 2.37. The third-order valence-corrected chi connectivity index (χ3v) is 5.10. The van der Waals surface area contributed by atoms with Crippen molar-refractivity contribution < 1.29 is 0 Å². The summed E-state index contributed by atoms with van der Waals surface area (Å²) >= 11 is 5.11. The van der Waals surface area contributed by atoms with E-state index >= 15 is 0 Å². The Bertz CT molecular complexity index is 563. The standard InChI is InChI=1S/C14H17BrN4S/c1-3-14(4-2)17-16-13-19(18-14)12(9-20-13)10-5-7-11(15)8-6-10/h5-9,17-18H,3-4H2,1-2H3. The summed E-state index contributed by atoms with van der Waals surface area (Å²) in [6, 6.07) is 8.35. The van der Waals surface area contributed by atoms with Gasteiger partial charge in [0, 0.05) is 15.4 Å². The molecule has 0 saturated carbocycles. The van der Waals surface area contributed by atoms with Crippen LogP contribution in [0.1, 0.15) is 32.3 Å². The summed E-state index contributed by atoms with van der Waals surface area (Å²) in [5.74, 6) is 0. The van der Waals surface area contributed by atoms with Crippen LogP contribution in [0.4, 0.5) is 0 Å². The lowest BCUT2D eigenvalue weighted by molar-refractivity contribution is 0.150. The Labute approximate surface area is 131 Å². The van der Waals surface area contributed by atoms with E-state index in [1.54, 1.807) is 11.8 Å². The topological polar surface area (TPSA) is 39.7 Å². The van der Waals surface area contributed by atoms with E-state index in [1.165, 1.54) is 5.56 Å². The second kappa shape index (κ2) is 5.42. The highest BCUT2D eigenvalue weighted by atomic mass is 79.9. The Morgan fingerprint density at radius 2 is 1.95 bits per heavy atom. The molecular formula is C14H17BrN4S. The van der Waals surface area contributed by atoms with Crippen molar-refractivity contribution in [1.29, 1.82) is 0 Å². The number of halogens is 1. The molecule has 0 bridgehead atoms. The van der Waals surface area contributed by atoms with Gasteiger partial charge in [-0.15, -0.1) is 0 Å². The molecule has 0 amide bonds. The van der Waals surface area contributed by atoms with Crippen molar-refractivity contribution in [3.8, 4) is 0 Å². The number of hydrogen-bond acceptors (Lipinski definition) is 5. The fourth-order valence-corrected chi connectivity index (χ4v) is 3.35. The SMILES string of the molecule is CCC1(CC)NN=C2SC=C(c3ccc(Br)cc3)N2N1. The van der Waals surface area contributed by atoms with Crippen LogP contribution in [0.2, 0.25) is 0 Å². The van der Waals surface area contributed by atoms with Crippen LogP contribution in [-0.2, 0) is 0 Å². The maximum absolute atomic E-state index is 4.51. The van der Waals surface area contributed by atoms with E-state index in [-0.39, 0.29) is 5.66 Å². The number of thioether (sulfide) groups is 1. The Balaban J connectivity index is 1.90. The highest BCUT2D eigenvalue weighted by molar-refractivity contribution is 9.10. The predicted molar refractivity (Wildman–Crippen MR) is 88.6 cm³/mol. The van der Waals surface area contributed by atoms with Crippen molar-refractivity contribution >= 4 is 38.6 Å².